The Morgan fingerprint density at radius 3 is 2.20 bits per heavy atom. The van der Waals surface area contributed by atoms with Crippen LogP contribution in [0.25, 0.3) is 0 Å². The molecule has 0 heterocycles. The van der Waals surface area contributed by atoms with Crippen LogP contribution in [-0.4, -0.2) is 57.1 Å². The summed E-state index contributed by atoms with van der Waals surface area (Å²) in [6, 6.07) is 0. The minimum Gasteiger partial charge on any atom is -0.756 e. The van der Waals surface area contributed by atoms with E-state index in [1.807, 2.05) is 28.1 Å². The van der Waals surface area contributed by atoms with Crippen molar-refractivity contribution < 1.29 is 36.6 Å². The third kappa shape index (κ3) is 13.5. The first-order valence-electron chi connectivity index (χ1n) is 8.71. The molecule has 0 amide bonds. The summed E-state index contributed by atoms with van der Waals surface area (Å²) in [7, 11) is 0.933. The molecule has 0 saturated heterocycles. The van der Waals surface area contributed by atoms with Crippen molar-refractivity contribution in [2.75, 3.05) is 40.9 Å². The molecule has 0 rings (SSSR count). The zero-order chi connectivity index (χ0) is 19.6. The maximum Gasteiger partial charge on any atom is 0.307 e. The smallest absolute Gasteiger partial charge is 0.307 e. The lowest BCUT2D eigenvalue weighted by Crippen LogP contribution is -2.37. The van der Waals surface area contributed by atoms with Gasteiger partial charge in [-0.15, -0.1) is 0 Å². The average Bonchev–Trinajstić information content (AvgIpc) is 2.44. The predicted molar refractivity (Wildman–Crippen MR) is 90.4 cm³/mol. The van der Waals surface area contributed by atoms with Gasteiger partial charge >= 0.3 is 5.92 Å². The number of quaternary nitrogens is 1. The Hall–Kier alpha value is -0.400. The van der Waals surface area contributed by atoms with Crippen LogP contribution in [0.15, 0.2) is 0 Å². The lowest BCUT2D eigenvalue weighted by atomic mass is 10.0. The molecule has 0 aliphatic rings. The van der Waals surface area contributed by atoms with Gasteiger partial charge in [0.05, 0.1) is 27.7 Å². The standard InChI is InChI=1S/C16H32F2NO5P/c1-5-6-7-8-9-10-15(20)16(17,18)11-13-23-25(21,22)24-14-12-19(2,3)4/h5-14H2,1-4H3. The highest BCUT2D eigenvalue weighted by Crippen LogP contribution is 2.39. The average molecular weight is 387 g/mol. The minimum absolute atomic E-state index is 0.0998. The first-order chi connectivity index (χ1) is 11.4. The Morgan fingerprint density at radius 2 is 1.64 bits per heavy atom. The highest BCUT2D eigenvalue weighted by molar-refractivity contribution is 7.45. The highest BCUT2D eigenvalue weighted by Gasteiger charge is 2.37. The second kappa shape index (κ2) is 11.3. The van der Waals surface area contributed by atoms with E-state index in [0.717, 1.165) is 25.7 Å². The van der Waals surface area contributed by atoms with E-state index in [4.69, 9.17) is 0 Å². The Bertz CT molecular complexity index is 441. The van der Waals surface area contributed by atoms with Crippen LogP contribution < -0.4 is 4.89 Å². The summed E-state index contributed by atoms with van der Waals surface area (Å²) in [5, 5.41) is 0. The van der Waals surface area contributed by atoms with Crippen molar-refractivity contribution in [1.82, 2.24) is 0 Å². The quantitative estimate of drug-likeness (QED) is 0.245. The fourth-order valence-electron chi connectivity index (χ4n) is 1.96. The molecular formula is C16H32F2NO5P. The molecule has 9 heteroatoms. The van der Waals surface area contributed by atoms with Crippen molar-refractivity contribution in [3.05, 3.63) is 0 Å². The number of likely N-dealkylation sites (N-methyl/N-ethyl adjacent to an activating group) is 1. The number of unbranched alkanes of at least 4 members (excludes halogenated alkanes) is 4. The Balaban J connectivity index is 4.09. The van der Waals surface area contributed by atoms with Crippen LogP contribution in [0.4, 0.5) is 8.78 Å². The third-order valence-electron chi connectivity index (χ3n) is 3.59. The Kier molecular flexibility index (Phi) is 11.2. The zero-order valence-corrected chi connectivity index (χ0v) is 16.7. The van der Waals surface area contributed by atoms with Crippen LogP contribution in [-0.2, 0) is 18.4 Å². The molecule has 0 spiro atoms. The summed E-state index contributed by atoms with van der Waals surface area (Å²) in [6.45, 7) is 1.58. The molecule has 25 heavy (non-hydrogen) atoms. The van der Waals surface area contributed by atoms with Crippen molar-refractivity contribution in [3.8, 4) is 0 Å². The van der Waals surface area contributed by atoms with E-state index in [9.17, 15) is 23.0 Å². The number of ketones is 1. The molecule has 1 unspecified atom stereocenters. The fourth-order valence-corrected chi connectivity index (χ4v) is 2.66. The van der Waals surface area contributed by atoms with E-state index >= 15 is 0 Å². The van der Waals surface area contributed by atoms with Gasteiger partial charge in [0.2, 0.25) is 5.78 Å². The molecule has 0 N–H and O–H groups in total. The van der Waals surface area contributed by atoms with Gasteiger partial charge in [0, 0.05) is 12.8 Å². The van der Waals surface area contributed by atoms with Gasteiger partial charge in [-0.1, -0.05) is 32.6 Å². The van der Waals surface area contributed by atoms with E-state index in [1.54, 1.807) is 0 Å². The van der Waals surface area contributed by atoms with Crippen LogP contribution in [0.1, 0.15) is 51.9 Å². The number of hydrogen-bond acceptors (Lipinski definition) is 5. The number of hydrogen-bond donors (Lipinski definition) is 0. The highest BCUT2D eigenvalue weighted by atomic mass is 31.2. The molecule has 0 saturated carbocycles. The van der Waals surface area contributed by atoms with Gasteiger partial charge in [0.1, 0.15) is 13.2 Å². The van der Waals surface area contributed by atoms with Gasteiger partial charge in [-0.3, -0.25) is 9.36 Å². The number of carbonyl (C=O) groups excluding carboxylic acids is 1. The molecule has 0 radical (unpaired) electrons. The molecule has 150 valence electrons. The summed E-state index contributed by atoms with van der Waals surface area (Å²) in [6.07, 6.45) is 2.96. The number of alkyl halides is 2. The first kappa shape index (κ1) is 24.6. The van der Waals surface area contributed by atoms with Gasteiger partial charge in [0.15, 0.2) is 0 Å². The van der Waals surface area contributed by atoms with Crippen molar-refractivity contribution in [1.29, 1.82) is 0 Å². The van der Waals surface area contributed by atoms with Crippen molar-refractivity contribution in [3.63, 3.8) is 0 Å². The third-order valence-corrected chi connectivity index (χ3v) is 4.59. The zero-order valence-electron chi connectivity index (χ0n) is 15.8. The van der Waals surface area contributed by atoms with Gasteiger partial charge < -0.3 is 18.4 Å². The normalized spacial score (nSPS) is 15.2. The summed E-state index contributed by atoms with van der Waals surface area (Å²) < 4.78 is 48.4. The van der Waals surface area contributed by atoms with Crippen molar-refractivity contribution in [2.45, 2.75) is 57.8 Å². The Labute approximate surface area is 149 Å². The van der Waals surface area contributed by atoms with E-state index < -0.39 is 32.6 Å². The fraction of sp³-hybridized carbons (Fsp3) is 0.938. The molecule has 0 aromatic heterocycles. The largest absolute Gasteiger partial charge is 0.756 e. The molecule has 0 aliphatic heterocycles. The molecule has 6 nitrogen and oxygen atoms in total. The van der Waals surface area contributed by atoms with Gasteiger partial charge in [-0.05, 0) is 6.42 Å². The van der Waals surface area contributed by atoms with Gasteiger partial charge in [-0.2, -0.15) is 8.78 Å². The van der Waals surface area contributed by atoms with Gasteiger partial charge in [0.25, 0.3) is 7.82 Å². The van der Waals surface area contributed by atoms with E-state index in [2.05, 4.69) is 9.05 Å². The summed E-state index contributed by atoms with van der Waals surface area (Å²) in [5.74, 6) is -4.74. The Morgan fingerprint density at radius 1 is 1.08 bits per heavy atom. The monoisotopic (exact) mass is 387 g/mol. The maximum atomic E-state index is 13.7. The minimum atomic E-state index is -4.63. The van der Waals surface area contributed by atoms with Crippen LogP contribution in [0, 0.1) is 0 Å². The SMILES string of the molecule is CCCCCCCC(=O)C(F)(F)CCOP(=O)([O-])OCC[N+](C)(C)C. The lowest BCUT2D eigenvalue weighted by Gasteiger charge is -2.27. The number of rotatable bonds is 15. The number of phosphoric ester groups is 1. The second-order valence-electron chi connectivity index (χ2n) is 7.17. The number of nitrogens with zero attached hydrogens (tertiary/aromatic N) is 1. The van der Waals surface area contributed by atoms with Crippen LogP contribution >= 0.6 is 7.82 Å². The summed E-state index contributed by atoms with van der Waals surface area (Å²) in [4.78, 5) is 23.0. The second-order valence-corrected chi connectivity index (χ2v) is 8.58. The van der Waals surface area contributed by atoms with Crippen LogP contribution in [0.2, 0.25) is 0 Å². The number of phosphoric acid groups is 1. The molecule has 0 bridgehead atoms. The number of halogens is 2. The molecule has 0 aromatic rings. The number of carbonyl (C=O) groups is 1. The van der Waals surface area contributed by atoms with Crippen molar-refractivity contribution >= 4 is 13.6 Å². The topological polar surface area (TPSA) is 75.7 Å². The van der Waals surface area contributed by atoms with Crippen LogP contribution in [0.5, 0.6) is 0 Å². The predicted octanol–water partition coefficient (Wildman–Crippen LogP) is 3.15. The number of Topliss-reactive ketones (excluding diaryl/α,β-unsaturated/α-hetero) is 1. The molecule has 0 aromatic carbocycles. The van der Waals surface area contributed by atoms with E-state index in [0.29, 0.717) is 17.4 Å². The van der Waals surface area contributed by atoms with E-state index in [1.165, 1.54) is 0 Å². The first-order valence-corrected chi connectivity index (χ1v) is 10.2. The summed E-state index contributed by atoms with van der Waals surface area (Å²) >= 11 is 0. The van der Waals surface area contributed by atoms with Gasteiger partial charge in [-0.25, -0.2) is 0 Å². The van der Waals surface area contributed by atoms with Crippen molar-refractivity contribution in [2.24, 2.45) is 0 Å². The molecule has 0 fully saturated rings. The molecule has 1 atom stereocenters. The maximum absolute atomic E-state index is 13.7. The molecule has 0 aliphatic carbocycles. The lowest BCUT2D eigenvalue weighted by molar-refractivity contribution is -0.870. The summed E-state index contributed by atoms with van der Waals surface area (Å²) in [5.41, 5.74) is 0. The van der Waals surface area contributed by atoms with E-state index in [-0.39, 0.29) is 13.0 Å². The molecular weight excluding hydrogens is 355 g/mol. The van der Waals surface area contributed by atoms with Crippen LogP contribution in [0.3, 0.4) is 0 Å².